The second-order valence-corrected chi connectivity index (χ2v) is 5.88. The van der Waals surface area contributed by atoms with Crippen LogP contribution in [0.5, 0.6) is 11.5 Å². The third-order valence-corrected chi connectivity index (χ3v) is 4.05. The lowest BCUT2D eigenvalue weighted by Gasteiger charge is -2.12. The van der Waals surface area contributed by atoms with E-state index >= 15 is 0 Å². The Morgan fingerprint density at radius 1 is 1.12 bits per heavy atom. The van der Waals surface area contributed by atoms with Crippen molar-refractivity contribution in [3.63, 3.8) is 0 Å². The Morgan fingerprint density at radius 3 is 2.58 bits per heavy atom. The maximum atomic E-state index is 10.8. The molecular weight excluding hydrogens is 332 g/mol. The van der Waals surface area contributed by atoms with Gasteiger partial charge in [0, 0.05) is 17.2 Å². The molecule has 0 aliphatic carbocycles. The van der Waals surface area contributed by atoms with Gasteiger partial charge >= 0.3 is 5.97 Å². The summed E-state index contributed by atoms with van der Waals surface area (Å²) in [6, 6.07) is 17.4. The molecule has 1 heterocycles. The second-order valence-electron chi connectivity index (χ2n) is 5.88. The average molecular weight is 352 g/mol. The zero-order valence-corrected chi connectivity index (χ0v) is 14.7. The number of aryl methyl sites for hydroxylation is 1. The lowest BCUT2D eigenvalue weighted by atomic mass is 10.0. The second kappa shape index (κ2) is 7.78. The highest BCUT2D eigenvalue weighted by molar-refractivity contribution is 5.71. The van der Waals surface area contributed by atoms with Gasteiger partial charge in [-0.15, -0.1) is 0 Å². The van der Waals surface area contributed by atoms with Crippen LogP contribution in [0.15, 0.2) is 59.0 Å². The van der Waals surface area contributed by atoms with E-state index in [4.69, 9.17) is 19.0 Å². The van der Waals surface area contributed by atoms with Crippen molar-refractivity contribution >= 4 is 5.97 Å². The predicted octanol–water partition coefficient (Wildman–Crippen LogP) is 4.47. The molecule has 0 fully saturated rings. The van der Waals surface area contributed by atoms with Gasteiger partial charge in [-0.1, -0.05) is 30.3 Å². The quantitative estimate of drug-likeness (QED) is 0.679. The molecule has 5 heteroatoms. The molecule has 2 aromatic carbocycles. The van der Waals surface area contributed by atoms with Gasteiger partial charge in [0.2, 0.25) is 0 Å². The number of rotatable bonds is 7. The Hall–Kier alpha value is -3.21. The number of aliphatic carboxylic acids is 1. The summed E-state index contributed by atoms with van der Waals surface area (Å²) in [6.07, 6.45) is -0.138. The summed E-state index contributed by atoms with van der Waals surface area (Å²) in [4.78, 5) is 10.8. The van der Waals surface area contributed by atoms with Crippen LogP contribution in [0, 0.1) is 6.92 Å². The smallest absolute Gasteiger partial charge is 0.311 e. The van der Waals surface area contributed by atoms with Crippen LogP contribution < -0.4 is 9.47 Å². The maximum absolute atomic E-state index is 10.8. The Bertz CT molecular complexity index is 896. The number of methoxy groups -OCH3 is 1. The Morgan fingerprint density at radius 2 is 1.88 bits per heavy atom. The van der Waals surface area contributed by atoms with Gasteiger partial charge in [0.15, 0.2) is 0 Å². The van der Waals surface area contributed by atoms with Crippen molar-refractivity contribution in [3.8, 4) is 22.6 Å². The van der Waals surface area contributed by atoms with Crippen LogP contribution in [0.25, 0.3) is 11.1 Å². The van der Waals surface area contributed by atoms with Crippen molar-refractivity contribution < 1.29 is 23.8 Å². The van der Waals surface area contributed by atoms with E-state index < -0.39 is 5.97 Å². The first kappa shape index (κ1) is 17.6. The van der Waals surface area contributed by atoms with Gasteiger partial charge in [0.25, 0.3) is 0 Å². The summed E-state index contributed by atoms with van der Waals surface area (Å²) < 4.78 is 16.8. The fourth-order valence-corrected chi connectivity index (χ4v) is 2.75. The molecule has 0 saturated heterocycles. The molecule has 134 valence electrons. The molecule has 0 amide bonds. The summed E-state index contributed by atoms with van der Waals surface area (Å²) in [5.74, 6) is 1.55. The van der Waals surface area contributed by atoms with Gasteiger partial charge in [-0.2, -0.15) is 0 Å². The van der Waals surface area contributed by atoms with E-state index in [-0.39, 0.29) is 6.42 Å². The van der Waals surface area contributed by atoms with Crippen LogP contribution in [0.2, 0.25) is 0 Å². The molecule has 0 atom stereocenters. The van der Waals surface area contributed by atoms with E-state index in [1.54, 1.807) is 20.1 Å². The standard InChI is InChI=1S/C21H20O5/c1-14-16(10-18(26-14)12-21(22)23)13-25-17-8-9-19(20(11-17)24-2)15-6-4-3-5-7-15/h3-11H,12-13H2,1-2H3,(H,22,23). The van der Waals surface area contributed by atoms with E-state index in [2.05, 4.69) is 0 Å². The molecule has 0 saturated carbocycles. The maximum Gasteiger partial charge on any atom is 0.311 e. The monoisotopic (exact) mass is 352 g/mol. The van der Waals surface area contributed by atoms with Gasteiger partial charge in [-0.25, -0.2) is 0 Å². The minimum Gasteiger partial charge on any atom is -0.496 e. The van der Waals surface area contributed by atoms with Gasteiger partial charge in [-0.05, 0) is 30.7 Å². The van der Waals surface area contributed by atoms with Crippen LogP contribution in [-0.4, -0.2) is 18.2 Å². The molecule has 0 bridgehead atoms. The van der Waals surface area contributed by atoms with E-state index in [0.717, 1.165) is 22.4 Å². The van der Waals surface area contributed by atoms with Gasteiger partial charge in [0.05, 0.1) is 7.11 Å². The molecule has 0 unspecified atom stereocenters. The lowest BCUT2D eigenvalue weighted by Crippen LogP contribution is -1.98. The van der Waals surface area contributed by atoms with Crippen molar-refractivity contribution in [1.82, 2.24) is 0 Å². The number of carboxylic acids is 1. The van der Waals surface area contributed by atoms with Crippen molar-refractivity contribution in [2.75, 3.05) is 7.11 Å². The number of carbonyl (C=O) groups is 1. The molecule has 3 rings (SSSR count). The molecule has 1 N–H and O–H groups in total. The van der Waals surface area contributed by atoms with Crippen LogP contribution in [0.4, 0.5) is 0 Å². The minimum atomic E-state index is -0.924. The summed E-state index contributed by atoms with van der Waals surface area (Å²) in [6.45, 7) is 2.09. The Kier molecular flexibility index (Phi) is 5.27. The number of ether oxygens (including phenoxy) is 2. The Labute approximate surface area is 151 Å². The molecule has 3 aromatic rings. The van der Waals surface area contributed by atoms with Gasteiger partial charge in [-0.3, -0.25) is 4.79 Å². The van der Waals surface area contributed by atoms with E-state index in [9.17, 15) is 4.79 Å². The van der Waals surface area contributed by atoms with E-state index in [0.29, 0.717) is 23.9 Å². The average Bonchev–Trinajstić information content (AvgIpc) is 2.98. The molecule has 0 spiro atoms. The number of hydrogen-bond donors (Lipinski definition) is 1. The molecule has 26 heavy (non-hydrogen) atoms. The SMILES string of the molecule is COc1cc(OCc2cc(CC(=O)O)oc2C)ccc1-c1ccccc1. The third kappa shape index (κ3) is 4.06. The highest BCUT2D eigenvalue weighted by Crippen LogP contribution is 2.33. The number of carboxylic acid groups (broad SMARTS) is 1. The number of benzene rings is 2. The molecule has 1 aromatic heterocycles. The molecule has 0 radical (unpaired) electrons. The topological polar surface area (TPSA) is 68.9 Å². The highest BCUT2D eigenvalue weighted by Gasteiger charge is 2.12. The van der Waals surface area contributed by atoms with Crippen molar-refractivity contribution in [1.29, 1.82) is 0 Å². The highest BCUT2D eigenvalue weighted by atomic mass is 16.5. The fraction of sp³-hybridized carbons (Fsp3) is 0.190. The number of furan rings is 1. The minimum absolute atomic E-state index is 0.138. The zero-order valence-electron chi connectivity index (χ0n) is 14.7. The molecule has 0 aliphatic heterocycles. The van der Waals surface area contributed by atoms with Crippen molar-refractivity contribution in [2.45, 2.75) is 20.0 Å². The summed E-state index contributed by atoms with van der Waals surface area (Å²) in [5, 5.41) is 8.85. The number of hydrogen-bond acceptors (Lipinski definition) is 4. The molecular formula is C21H20O5. The predicted molar refractivity (Wildman–Crippen MR) is 97.5 cm³/mol. The fourth-order valence-electron chi connectivity index (χ4n) is 2.75. The van der Waals surface area contributed by atoms with Gasteiger partial charge < -0.3 is 19.0 Å². The van der Waals surface area contributed by atoms with Crippen LogP contribution >= 0.6 is 0 Å². The van der Waals surface area contributed by atoms with Crippen molar-refractivity contribution in [2.24, 2.45) is 0 Å². The summed E-state index contributed by atoms with van der Waals surface area (Å²) in [5.41, 5.74) is 2.89. The van der Waals surface area contributed by atoms with Gasteiger partial charge in [0.1, 0.15) is 36.0 Å². The third-order valence-electron chi connectivity index (χ3n) is 4.05. The first-order valence-electron chi connectivity index (χ1n) is 8.23. The van der Waals surface area contributed by atoms with E-state index in [1.807, 2.05) is 48.5 Å². The first-order chi connectivity index (χ1) is 12.6. The largest absolute Gasteiger partial charge is 0.496 e. The zero-order chi connectivity index (χ0) is 18.5. The van der Waals surface area contributed by atoms with Crippen molar-refractivity contribution in [3.05, 3.63) is 71.7 Å². The van der Waals surface area contributed by atoms with Crippen LogP contribution in [0.3, 0.4) is 0 Å². The normalized spacial score (nSPS) is 10.5. The van der Waals surface area contributed by atoms with Crippen LogP contribution in [0.1, 0.15) is 17.1 Å². The molecule has 5 nitrogen and oxygen atoms in total. The summed E-state index contributed by atoms with van der Waals surface area (Å²) in [7, 11) is 1.63. The lowest BCUT2D eigenvalue weighted by molar-refractivity contribution is -0.136. The van der Waals surface area contributed by atoms with E-state index in [1.165, 1.54) is 0 Å². The Balaban J connectivity index is 1.75. The van der Waals surface area contributed by atoms with Crippen LogP contribution in [-0.2, 0) is 17.8 Å². The first-order valence-corrected chi connectivity index (χ1v) is 8.23. The molecule has 0 aliphatic rings. The summed E-state index contributed by atoms with van der Waals surface area (Å²) >= 11 is 0.